The Morgan fingerprint density at radius 2 is 2.05 bits per heavy atom. The van der Waals surface area contributed by atoms with Gasteiger partial charge in [-0.25, -0.2) is 4.39 Å². The van der Waals surface area contributed by atoms with Crippen LogP contribution in [0.1, 0.15) is 31.4 Å². The van der Waals surface area contributed by atoms with Gasteiger partial charge >= 0.3 is 0 Å². The highest BCUT2D eigenvalue weighted by molar-refractivity contribution is 5.85. The number of carbonyl (C=O) groups excluding carboxylic acids is 1. The maximum absolute atomic E-state index is 12.9. The average molecular weight is 262 g/mol. The van der Waals surface area contributed by atoms with Crippen LogP contribution in [-0.2, 0) is 4.79 Å². The van der Waals surface area contributed by atoms with Gasteiger partial charge in [0, 0.05) is 31.1 Å². The number of rotatable bonds is 2. The molecule has 1 N–H and O–H groups in total. The summed E-state index contributed by atoms with van der Waals surface area (Å²) < 4.78 is 12.9. The van der Waals surface area contributed by atoms with Crippen LogP contribution in [0.3, 0.4) is 0 Å². The second kappa shape index (κ2) is 4.60. The van der Waals surface area contributed by atoms with E-state index in [1.165, 1.54) is 12.1 Å². The molecule has 1 saturated heterocycles. The van der Waals surface area contributed by atoms with Gasteiger partial charge < -0.3 is 10.2 Å². The summed E-state index contributed by atoms with van der Waals surface area (Å²) in [6.45, 7) is 4.29. The van der Waals surface area contributed by atoms with Gasteiger partial charge in [0.25, 0.3) is 0 Å². The highest BCUT2D eigenvalue weighted by Gasteiger charge is 2.47. The van der Waals surface area contributed by atoms with E-state index >= 15 is 0 Å². The molecular weight excluding hydrogens is 243 g/mol. The number of hydrogen-bond donors (Lipinski definition) is 1. The SMILES string of the molecule is CC1(C(=O)N2CCNC(c3ccc(F)cc3)C2)CC1. The van der Waals surface area contributed by atoms with Gasteiger partial charge in [-0.1, -0.05) is 19.1 Å². The Morgan fingerprint density at radius 3 is 2.68 bits per heavy atom. The first-order chi connectivity index (χ1) is 9.08. The zero-order valence-corrected chi connectivity index (χ0v) is 11.2. The summed E-state index contributed by atoms with van der Waals surface area (Å²) in [5.41, 5.74) is 0.935. The number of nitrogens with zero attached hydrogens (tertiary/aromatic N) is 1. The first kappa shape index (κ1) is 12.6. The van der Waals surface area contributed by atoms with Crippen molar-refractivity contribution in [3.05, 3.63) is 35.6 Å². The first-order valence-electron chi connectivity index (χ1n) is 6.87. The second-order valence-electron chi connectivity index (χ2n) is 5.87. The van der Waals surface area contributed by atoms with E-state index in [9.17, 15) is 9.18 Å². The molecule has 1 aliphatic carbocycles. The van der Waals surface area contributed by atoms with E-state index in [0.717, 1.165) is 31.5 Å². The van der Waals surface area contributed by atoms with Crippen molar-refractivity contribution >= 4 is 5.91 Å². The van der Waals surface area contributed by atoms with Crippen molar-refractivity contribution in [3.63, 3.8) is 0 Å². The van der Waals surface area contributed by atoms with Crippen molar-refractivity contribution in [2.45, 2.75) is 25.8 Å². The summed E-state index contributed by atoms with van der Waals surface area (Å²) in [6, 6.07) is 6.64. The zero-order chi connectivity index (χ0) is 13.5. The summed E-state index contributed by atoms with van der Waals surface area (Å²) in [5.74, 6) is 0.0547. The molecule has 4 heteroatoms. The Morgan fingerprint density at radius 1 is 1.37 bits per heavy atom. The number of benzene rings is 1. The maximum atomic E-state index is 12.9. The van der Waals surface area contributed by atoms with Crippen LogP contribution in [0.25, 0.3) is 0 Å². The third-order valence-electron chi connectivity index (χ3n) is 4.25. The molecule has 1 unspecified atom stereocenters. The first-order valence-corrected chi connectivity index (χ1v) is 6.87. The molecule has 0 radical (unpaired) electrons. The van der Waals surface area contributed by atoms with Crippen LogP contribution in [0.15, 0.2) is 24.3 Å². The van der Waals surface area contributed by atoms with Crippen LogP contribution in [-0.4, -0.2) is 30.4 Å². The maximum Gasteiger partial charge on any atom is 0.228 e. The third kappa shape index (κ3) is 2.50. The number of nitrogens with one attached hydrogen (secondary N) is 1. The molecule has 19 heavy (non-hydrogen) atoms. The lowest BCUT2D eigenvalue weighted by atomic mass is 10.0. The predicted molar refractivity (Wildman–Crippen MR) is 71.1 cm³/mol. The van der Waals surface area contributed by atoms with E-state index in [1.54, 1.807) is 12.1 Å². The molecular formula is C15H19FN2O. The fraction of sp³-hybridized carbons (Fsp3) is 0.533. The quantitative estimate of drug-likeness (QED) is 0.885. The molecule has 3 nitrogen and oxygen atoms in total. The Kier molecular flexibility index (Phi) is 3.05. The molecule has 1 amide bonds. The van der Waals surface area contributed by atoms with E-state index in [4.69, 9.17) is 0 Å². The monoisotopic (exact) mass is 262 g/mol. The zero-order valence-electron chi connectivity index (χ0n) is 11.2. The molecule has 2 aliphatic rings. The molecule has 1 aromatic rings. The molecule has 1 aliphatic heterocycles. The fourth-order valence-electron chi connectivity index (χ4n) is 2.64. The van der Waals surface area contributed by atoms with Gasteiger partial charge in [0.1, 0.15) is 5.82 Å². The minimum absolute atomic E-state index is 0.106. The Balaban J connectivity index is 1.71. The van der Waals surface area contributed by atoms with Crippen molar-refractivity contribution in [2.24, 2.45) is 5.41 Å². The van der Waals surface area contributed by atoms with Gasteiger partial charge in [0.15, 0.2) is 0 Å². The van der Waals surface area contributed by atoms with Gasteiger partial charge in [-0.05, 0) is 30.5 Å². The van der Waals surface area contributed by atoms with Crippen LogP contribution < -0.4 is 5.32 Å². The Bertz CT molecular complexity index is 481. The minimum Gasteiger partial charge on any atom is -0.339 e. The van der Waals surface area contributed by atoms with Crippen LogP contribution in [0.2, 0.25) is 0 Å². The van der Waals surface area contributed by atoms with Gasteiger partial charge in [-0.2, -0.15) is 0 Å². The topological polar surface area (TPSA) is 32.3 Å². The molecule has 1 saturated carbocycles. The third-order valence-corrected chi connectivity index (χ3v) is 4.25. The van der Waals surface area contributed by atoms with Crippen molar-refractivity contribution in [3.8, 4) is 0 Å². The highest BCUT2D eigenvalue weighted by atomic mass is 19.1. The molecule has 102 valence electrons. The molecule has 0 spiro atoms. The summed E-state index contributed by atoms with van der Waals surface area (Å²) in [7, 11) is 0. The largest absolute Gasteiger partial charge is 0.339 e. The van der Waals surface area contributed by atoms with E-state index in [1.807, 2.05) is 11.8 Å². The van der Waals surface area contributed by atoms with Crippen LogP contribution in [0.5, 0.6) is 0 Å². The summed E-state index contributed by atoms with van der Waals surface area (Å²) >= 11 is 0. The lowest BCUT2D eigenvalue weighted by Gasteiger charge is -2.35. The highest BCUT2D eigenvalue weighted by Crippen LogP contribution is 2.46. The molecule has 0 aromatic heterocycles. The Hall–Kier alpha value is -1.42. The number of piperazine rings is 1. The number of amides is 1. The van der Waals surface area contributed by atoms with E-state index in [-0.39, 0.29) is 23.2 Å². The van der Waals surface area contributed by atoms with E-state index in [2.05, 4.69) is 5.32 Å². The van der Waals surface area contributed by atoms with Crippen molar-refractivity contribution in [1.82, 2.24) is 10.2 Å². The average Bonchev–Trinajstić information content (AvgIpc) is 3.18. The second-order valence-corrected chi connectivity index (χ2v) is 5.87. The van der Waals surface area contributed by atoms with E-state index in [0.29, 0.717) is 6.54 Å². The molecule has 0 bridgehead atoms. The molecule has 1 aromatic carbocycles. The normalized spacial score (nSPS) is 25.2. The van der Waals surface area contributed by atoms with Gasteiger partial charge in [-0.15, -0.1) is 0 Å². The van der Waals surface area contributed by atoms with Crippen molar-refractivity contribution < 1.29 is 9.18 Å². The summed E-state index contributed by atoms with van der Waals surface area (Å²) in [4.78, 5) is 14.3. The molecule has 2 fully saturated rings. The lowest BCUT2D eigenvalue weighted by molar-refractivity contribution is -0.137. The van der Waals surface area contributed by atoms with Crippen LogP contribution in [0, 0.1) is 11.2 Å². The van der Waals surface area contributed by atoms with E-state index < -0.39 is 0 Å². The lowest BCUT2D eigenvalue weighted by Crippen LogP contribution is -2.50. The smallest absolute Gasteiger partial charge is 0.228 e. The summed E-state index contributed by atoms with van der Waals surface area (Å²) in [5, 5.41) is 3.40. The molecule has 1 heterocycles. The van der Waals surface area contributed by atoms with Crippen molar-refractivity contribution in [2.75, 3.05) is 19.6 Å². The number of carbonyl (C=O) groups is 1. The van der Waals surface area contributed by atoms with Gasteiger partial charge in [-0.3, -0.25) is 4.79 Å². The van der Waals surface area contributed by atoms with Crippen LogP contribution >= 0.6 is 0 Å². The minimum atomic E-state index is -0.224. The Labute approximate surface area is 112 Å². The number of halogens is 1. The van der Waals surface area contributed by atoms with Gasteiger partial charge in [0.2, 0.25) is 5.91 Å². The van der Waals surface area contributed by atoms with Crippen molar-refractivity contribution in [1.29, 1.82) is 0 Å². The fourth-order valence-corrected chi connectivity index (χ4v) is 2.64. The molecule has 1 atom stereocenters. The summed E-state index contributed by atoms with van der Waals surface area (Å²) in [6.07, 6.45) is 2.02. The predicted octanol–water partition coefficient (Wildman–Crippen LogP) is 2.10. The molecule has 3 rings (SSSR count). The van der Waals surface area contributed by atoms with Gasteiger partial charge in [0.05, 0.1) is 0 Å². The standard InChI is InChI=1S/C15H19FN2O/c1-15(6-7-15)14(19)18-9-8-17-13(10-18)11-2-4-12(16)5-3-11/h2-5,13,17H,6-10H2,1H3. The number of hydrogen-bond acceptors (Lipinski definition) is 2. The van der Waals surface area contributed by atoms with Crippen LogP contribution in [0.4, 0.5) is 4.39 Å².